The van der Waals surface area contributed by atoms with Crippen LogP contribution >= 0.6 is 0 Å². The standard InChI is InChI=1S/C26H29N3O4/c1-3-33-25(30)23-22(17-29-14-12-19(13-15-29)18-8-5-4-6-9-18)27-26(31)28-24(23)20-10-7-11-21(16-20)32-2/h4-12,16,24H,3,13-15,17H2,1-2H3,(H2,27,28,31)/t24-/m0/s1. The molecule has 0 aromatic heterocycles. The van der Waals surface area contributed by atoms with Crippen molar-refractivity contribution in [3.05, 3.63) is 83.1 Å². The monoisotopic (exact) mass is 447 g/mol. The molecule has 0 radical (unpaired) electrons. The zero-order chi connectivity index (χ0) is 23.2. The van der Waals surface area contributed by atoms with Crippen LogP contribution in [-0.4, -0.2) is 50.3 Å². The van der Waals surface area contributed by atoms with Gasteiger partial charge in [0, 0.05) is 25.3 Å². The van der Waals surface area contributed by atoms with E-state index in [4.69, 9.17) is 9.47 Å². The second-order valence-electron chi connectivity index (χ2n) is 8.00. The summed E-state index contributed by atoms with van der Waals surface area (Å²) in [5.41, 5.74) is 4.30. The number of hydrogen-bond acceptors (Lipinski definition) is 5. The number of nitrogens with zero attached hydrogens (tertiary/aromatic N) is 1. The Morgan fingerprint density at radius 1 is 1.15 bits per heavy atom. The van der Waals surface area contributed by atoms with Gasteiger partial charge in [0.25, 0.3) is 0 Å². The van der Waals surface area contributed by atoms with Crippen LogP contribution in [0, 0.1) is 0 Å². The Morgan fingerprint density at radius 2 is 1.97 bits per heavy atom. The van der Waals surface area contributed by atoms with Crippen LogP contribution in [0.4, 0.5) is 4.79 Å². The van der Waals surface area contributed by atoms with Crippen LogP contribution in [-0.2, 0) is 9.53 Å². The summed E-state index contributed by atoms with van der Waals surface area (Å²) in [5, 5.41) is 5.73. The number of esters is 1. The normalized spacial score (nSPS) is 18.8. The second kappa shape index (κ2) is 10.4. The molecule has 0 bridgehead atoms. The number of nitrogens with one attached hydrogen (secondary N) is 2. The van der Waals surface area contributed by atoms with Crippen molar-refractivity contribution in [2.45, 2.75) is 19.4 Å². The zero-order valence-corrected chi connectivity index (χ0v) is 19.0. The summed E-state index contributed by atoms with van der Waals surface area (Å²) < 4.78 is 10.7. The molecule has 0 fully saturated rings. The maximum absolute atomic E-state index is 13.0. The molecule has 0 spiro atoms. The van der Waals surface area contributed by atoms with E-state index in [-0.39, 0.29) is 12.6 Å². The number of amides is 2. The minimum absolute atomic E-state index is 0.251. The Morgan fingerprint density at radius 3 is 2.67 bits per heavy atom. The van der Waals surface area contributed by atoms with E-state index in [1.54, 1.807) is 14.0 Å². The number of hydrogen-bond donors (Lipinski definition) is 2. The van der Waals surface area contributed by atoms with E-state index >= 15 is 0 Å². The van der Waals surface area contributed by atoms with Crippen molar-refractivity contribution in [2.75, 3.05) is 33.4 Å². The van der Waals surface area contributed by atoms with Crippen molar-refractivity contribution < 1.29 is 19.1 Å². The van der Waals surface area contributed by atoms with Gasteiger partial charge in [0.05, 0.1) is 25.3 Å². The summed E-state index contributed by atoms with van der Waals surface area (Å²) in [6.45, 7) is 4.03. The minimum Gasteiger partial charge on any atom is -0.497 e. The lowest BCUT2D eigenvalue weighted by atomic mass is 9.94. The van der Waals surface area contributed by atoms with Gasteiger partial charge in [0.1, 0.15) is 5.75 Å². The van der Waals surface area contributed by atoms with Crippen molar-refractivity contribution in [1.82, 2.24) is 15.5 Å². The maximum atomic E-state index is 13.0. The lowest BCUT2D eigenvalue weighted by Gasteiger charge is -2.33. The van der Waals surface area contributed by atoms with Crippen LogP contribution in [0.5, 0.6) is 5.75 Å². The van der Waals surface area contributed by atoms with E-state index < -0.39 is 12.0 Å². The average Bonchev–Trinajstić information content (AvgIpc) is 2.85. The first kappa shape index (κ1) is 22.6. The van der Waals surface area contributed by atoms with Gasteiger partial charge in [0.2, 0.25) is 0 Å². The largest absolute Gasteiger partial charge is 0.497 e. The first-order valence-corrected chi connectivity index (χ1v) is 11.2. The lowest BCUT2D eigenvalue weighted by Crippen LogP contribution is -2.48. The third-order valence-electron chi connectivity index (χ3n) is 5.90. The fraction of sp³-hybridized carbons (Fsp3) is 0.308. The Bertz CT molecular complexity index is 1080. The smallest absolute Gasteiger partial charge is 0.338 e. The van der Waals surface area contributed by atoms with Crippen LogP contribution in [0.25, 0.3) is 5.57 Å². The summed E-state index contributed by atoms with van der Waals surface area (Å²) >= 11 is 0. The summed E-state index contributed by atoms with van der Waals surface area (Å²) in [5.74, 6) is 0.213. The van der Waals surface area contributed by atoms with Crippen molar-refractivity contribution in [3.8, 4) is 5.75 Å². The van der Waals surface area contributed by atoms with Crippen molar-refractivity contribution in [3.63, 3.8) is 0 Å². The molecule has 0 aliphatic carbocycles. The number of carbonyl (C=O) groups is 2. The molecule has 172 valence electrons. The predicted molar refractivity (Wildman–Crippen MR) is 127 cm³/mol. The topological polar surface area (TPSA) is 79.9 Å². The molecule has 0 unspecified atom stereocenters. The average molecular weight is 448 g/mol. The highest BCUT2D eigenvalue weighted by molar-refractivity contribution is 5.95. The highest BCUT2D eigenvalue weighted by atomic mass is 16.5. The predicted octanol–water partition coefficient (Wildman–Crippen LogP) is 3.66. The molecule has 7 nitrogen and oxygen atoms in total. The summed E-state index contributed by atoms with van der Waals surface area (Å²) in [6.07, 6.45) is 3.11. The van der Waals surface area contributed by atoms with E-state index in [1.807, 2.05) is 42.5 Å². The molecule has 0 saturated heterocycles. The highest BCUT2D eigenvalue weighted by Crippen LogP contribution is 2.31. The number of carbonyl (C=O) groups excluding carboxylic acids is 2. The van der Waals surface area contributed by atoms with E-state index in [9.17, 15) is 9.59 Å². The minimum atomic E-state index is -0.622. The molecule has 2 aromatic carbocycles. The molecule has 0 saturated carbocycles. The van der Waals surface area contributed by atoms with Crippen molar-refractivity contribution in [2.24, 2.45) is 0 Å². The van der Waals surface area contributed by atoms with Gasteiger partial charge in [-0.2, -0.15) is 0 Å². The van der Waals surface area contributed by atoms with Crippen molar-refractivity contribution >= 4 is 17.6 Å². The zero-order valence-electron chi connectivity index (χ0n) is 19.0. The fourth-order valence-corrected chi connectivity index (χ4v) is 4.26. The van der Waals surface area contributed by atoms with E-state index in [2.05, 4.69) is 33.7 Å². The molecule has 2 aromatic rings. The Labute approximate surface area is 194 Å². The van der Waals surface area contributed by atoms with Gasteiger partial charge in [-0.05, 0) is 42.2 Å². The molecule has 2 aliphatic rings. The fourth-order valence-electron chi connectivity index (χ4n) is 4.26. The highest BCUT2D eigenvalue weighted by Gasteiger charge is 2.34. The van der Waals surface area contributed by atoms with E-state index in [1.165, 1.54) is 11.1 Å². The van der Waals surface area contributed by atoms with Gasteiger partial charge < -0.3 is 20.1 Å². The molecule has 2 N–H and O–H groups in total. The number of benzene rings is 2. The quantitative estimate of drug-likeness (QED) is 0.634. The van der Waals surface area contributed by atoms with Gasteiger partial charge >= 0.3 is 12.0 Å². The molecular formula is C26H29N3O4. The van der Waals surface area contributed by atoms with Gasteiger partial charge in [-0.1, -0.05) is 48.5 Å². The molecule has 4 rings (SSSR count). The van der Waals surface area contributed by atoms with Crippen LogP contribution in [0.1, 0.15) is 30.5 Å². The molecule has 2 aliphatic heterocycles. The molecular weight excluding hydrogens is 418 g/mol. The van der Waals surface area contributed by atoms with Gasteiger partial charge in [-0.25, -0.2) is 9.59 Å². The summed E-state index contributed by atoms with van der Waals surface area (Å²) in [6, 6.07) is 16.7. The first-order valence-electron chi connectivity index (χ1n) is 11.2. The van der Waals surface area contributed by atoms with Crippen molar-refractivity contribution in [1.29, 1.82) is 0 Å². The number of methoxy groups -OCH3 is 1. The molecule has 7 heteroatoms. The Kier molecular flexibility index (Phi) is 7.10. The molecule has 33 heavy (non-hydrogen) atoms. The molecule has 2 amide bonds. The Hall–Kier alpha value is -3.58. The molecule has 2 heterocycles. The van der Waals surface area contributed by atoms with E-state index in [0.29, 0.717) is 23.6 Å². The number of ether oxygens (including phenoxy) is 2. The first-order chi connectivity index (χ1) is 16.1. The summed E-state index contributed by atoms with van der Waals surface area (Å²) in [4.78, 5) is 27.8. The third-order valence-corrected chi connectivity index (χ3v) is 5.90. The van der Waals surface area contributed by atoms with Gasteiger partial charge in [0.15, 0.2) is 0 Å². The SMILES string of the molecule is CCOC(=O)C1=C(CN2CC=C(c3ccccc3)CC2)NC(=O)N[C@H]1c1cccc(OC)c1. The Balaban J connectivity index is 1.62. The maximum Gasteiger partial charge on any atom is 0.338 e. The van der Waals surface area contributed by atoms with Gasteiger partial charge in [-0.15, -0.1) is 0 Å². The number of rotatable bonds is 7. The second-order valence-corrected chi connectivity index (χ2v) is 8.00. The van der Waals surface area contributed by atoms with Crippen LogP contribution in [0.2, 0.25) is 0 Å². The third kappa shape index (κ3) is 5.26. The van der Waals surface area contributed by atoms with E-state index in [0.717, 1.165) is 25.1 Å². The van der Waals surface area contributed by atoms with Crippen LogP contribution in [0.3, 0.4) is 0 Å². The number of urea groups is 1. The molecule has 1 atom stereocenters. The summed E-state index contributed by atoms with van der Waals surface area (Å²) in [7, 11) is 1.58. The van der Waals surface area contributed by atoms with Crippen LogP contribution < -0.4 is 15.4 Å². The van der Waals surface area contributed by atoms with Crippen LogP contribution in [0.15, 0.2) is 71.9 Å². The lowest BCUT2D eigenvalue weighted by molar-refractivity contribution is -0.139. The van der Waals surface area contributed by atoms with Gasteiger partial charge in [-0.3, -0.25) is 4.90 Å².